The van der Waals surface area contributed by atoms with E-state index in [9.17, 15) is 13.9 Å². The van der Waals surface area contributed by atoms with Crippen molar-refractivity contribution in [1.29, 1.82) is 0 Å². The summed E-state index contributed by atoms with van der Waals surface area (Å²) in [6.07, 6.45) is 1.00. The number of ether oxygens (including phenoxy) is 1. The molecule has 0 saturated heterocycles. The Bertz CT molecular complexity index is 401. The lowest BCUT2D eigenvalue weighted by atomic mass is 10.1. The zero-order chi connectivity index (χ0) is 15.0. The minimum absolute atomic E-state index is 0.354. The van der Waals surface area contributed by atoms with Crippen LogP contribution in [0, 0.1) is 11.6 Å². The van der Waals surface area contributed by atoms with Gasteiger partial charge in [0.25, 0.3) is 0 Å². The van der Waals surface area contributed by atoms with Crippen LogP contribution in [0.15, 0.2) is 18.2 Å². The molecule has 1 aromatic carbocycles. The second-order valence-corrected chi connectivity index (χ2v) is 4.88. The van der Waals surface area contributed by atoms with Gasteiger partial charge in [0.15, 0.2) is 0 Å². The van der Waals surface area contributed by atoms with Gasteiger partial charge in [0.2, 0.25) is 0 Å². The second-order valence-electron chi connectivity index (χ2n) is 4.88. The molecule has 0 amide bonds. The molecule has 0 radical (unpaired) electrons. The van der Waals surface area contributed by atoms with Gasteiger partial charge in [0, 0.05) is 45.0 Å². The molecule has 0 aliphatic heterocycles. The van der Waals surface area contributed by atoms with Crippen molar-refractivity contribution in [2.24, 2.45) is 0 Å². The highest BCUT2D eigenvalue weighted by Gasteiger charge is 2.13. The third kappa shape index (κ3) is 5.94. The normalized spacial score (nSPS) is 12.9. The van der Waals surface area contributed by atoms with Crippen LogP contribution < -0.4 is 0 Å². The van der Waals surface area contributed by atoms with E-state index in [0.29, 0.717) is 38.2 Å². The predicted octanol–water partition coefficient (Wildman–Crippen LogP) is 2.57. The van der Waals surface area contributed by atoms with Gasteiger partial charge in [-0.15, -0.1) is 0 Å². The van der Waals surface area contributed by atoms with Gasteiger partial charge in [0.05, 0.1) is 6.10 Å². The third-order valence-electron chi connectivity index (χ3n) is 3.17. The molecule has 0 aromatic heterocycles. The monoisotopic (exact) mass is 287 g/mol. The first kappa shape index (κ1) is 17.0. The Morgan fingerprint density at radius 1 is 1.35 bits per heavy atom. The van der Waals surface area contributed by atoms with Crippen molar-refractivity contribution >= 4 is 0 Å². The van der Waals surface area contributed by atoms with Crippen LogP contribution in [0.1, 0.15) is 25.3 Å². The van der Waals surface area contributed by atoms with Crippen molar-refractivity contribution in [2.75, 3.05) is 26.8 Å². The lowest BCUT2D eigenvalue weighted by molar-refractivity contribution is 0.0961. The summed E-state index contributed by atoms with van der Waals surface area (Å²) in [7, 11) is 1.63. The third-order valence-corrected chi connectivity index (χ3v) is 3.17. The molecule has 5 heteroatoms. The molecule has 0 spiro atoms. The van der Waals surface area contributed by atoms with Crippen molar-refractivity contribution in [3.63, 3.8) is 0 Å². The number of nitrogens with zero attached hydrogens (tertiary/aromatic N) is 1. The molecular weight excluding hydrogens is 264 g/mol. The number of halogens is 2. The zero-order valence-electron chi connectivity index (χ0n) is 12.1. The van der Waals surface area contributed by atoms with Gasteiger partial charge in [-0.2, -0.15) is 0 Å². The molecule has 1 atom stereocenters. The molecule has 0 aliphatic carbocycles. The number of methoxy groups -OCH3 is 1. The van der Waals surface area contributed by atoms with E-state index >= 15 is 0 Å². The molecule has 20 heavy (non-hydrogen) atoms. The van der Waals surface area contributed by atoms with Crippen LogP contribution in [-0.4, -0.2) is 42.9 Å². The molecule has 1 rings (SSSR count). The van der Waals surface area contributed by atoms with Crippen LogP contribution in [-0.2, 0) is 11.3 Å². The molecule has 114 valence electrons. The molecule has 1 unspecified atom stereocenters. The van der Waals surface area contributed by atoms with E-state index in [0.717, 1.165) is 12.5 Å². The number of aliphatic hydroxyl groups excluding tert-OH is 1. The van der Waals surface area contributed by atoms with E-state index in [-0.39, 0.29) is 0 Å². The van der Waals surface area contributed by atoms with E-state index < -0.39 is 17.7 Å². The Morgan fingerprint density at radius 2 is 2.10 bits per heavy atom. The zero-order valence-corrected chi connectivity index (χ0v) is 12.1. The highest BCUT2D eigenvalue weighted by molar-refractivity contribution is 5.18. The summed E-state index contributed by atoms with van der Waals surface area (Å²) in [4.78, 5) is 1.96. The second kappa shape index (κ2) is 9.00. The summed E-state index contributed by atoms with van der Waals surface area (Å²) in [6, 6.07) is 3.59. The maximum atomic E-state index is 13.7. The molecule has 0 saturated carbocycles. The number of benzene rings is 1. The Kier molecular flexibility index (Phi) is 7.65. The molecule has 0 heterocycles. The predicted molar refractivity (Wildman–Crippen MR) is 74.4 cm³/mol. The van der Waals surface area contributed by atoms with Gasteiger partial charge >= 0.3 is 0 Å². The van der Waals surface area contributed by atoms with Crippen LogP contribution in [0.2, 0.25) is 0 Å². The minimum Gasteiger partial charge on any atom is -0.392 e. The fourth-order valence-corrected chi connectivity index (χ4v) is 1.99. The summed E-state index contributed by atoms with van der Waals surface area (Å²) in [5.41, 5.74) is 0.437. The van der Waals surface area contributed by atoms with E-state index in [1.165, 1.54) is 12.1 Å². The first-order chi connectivity index (χ1) is 9.56. The van der Waals surface area contributed by atoms with E-state index in [2.05, 4.69) is 0 Å². The summed E-state index contributed by atoms with van der Waals surface area (Å²) in [6.45, 7) is 4.03. The van der Waals surface area contributed by atoms with Crippen LogP contribution in [0.5, 0.6) is 0 Å². The smallest absolute Gasteiger partial charge is 0.130 e. The SMILES string of the molecule is CCC(O)CN(CCCOC)Cc1ccc(F)cc1F. The molecular formula is C15H23F2NO2. The molecule has 1 N–H and O–H groups in total. The topological polar surface area (TPSA) is 32.7 Å². The fourth-order valence-electron chi connectivity index (χ4n) is 1.99. The Morgan fingerprint density at radius 3 is 2.70 bits per heavy atom. The van der Waals surface area contributed by atoms with E-state index in [4.69, 9.17) is 4.74 Å². The summed E-state index contributed by atoms with van der Waals surface area (Å²) in [5.74, 6) is -1.13. The van der Waals surface area contributed by atoms with Crippen LogP contribution in [0.25, 0.3) is 0 Å². The van der Waals surface area contributed by atoms with Crippen LogP contribution in [0.4, 0.5) is 8.78 Å². The highest BCUT2D eigenvalue weighted by Crippen LogP contribution is 2.13. The Balaban J connectivity index is 2.66. The van der Waals surface area contributed by atoms with Gasteiger partial charge in [-0.05, 0) is 18.9 Å². The van der Waals surface area contributed by atoms with Crippen molar-refractivity contribution in [3.8, 4) is 0 Å². The van der Waals surface area contributed by atoms with Crippen LogP contribution >= 0.6 is 0 Å². The quantitative estimate of drug-likeness (QED) is 0.709. The largest absolute Gasteiger partial charge is 0.392 e. The summed E-state index contributed by atoms with van der Waals surface area (Å²) < 4.78 is 31.6. The molecule has 0 fully saturated rings. The van der Waals surface area contributed by atoms with Crippen LogP contribution in [0.3, 0.4) is 0 Å². The van der Waals surface area contributed by atoms with Crippen molar-refractivity contribution < 1.29 is 18.6 Å². The van der Waals surface area contributed by atoms with Crippen molar-refractivity contribution in [2.45, 2.75) is 32.4 Å². The number of hydrogen-bond donors (Lipinski definition) is 1. The minimum atomic E-state index is -0.578. The molecule has 1 aromatic rings. The van der Waals surface area contributed by atoms with Crippen molar-refractivity contribution in [1.82, 2.24) is 4.90 Å². The average Bonchev–Trinajstić information content (AvgIpc) is 2.41. The first-order valence-electron chi connectivity index (χ1n) is 6.90. The maximum Gasteiger partial charge on any atom is 0.130 e. The summed E-state index contributed by atoms with van der Waals surface area (Å²) in [5, 5.41) is 9.75. The Labute approximate surface area is 119 Å². The van der Waals surface area contributed by atoms with E-state index in [1.54, 1.807) is 7.11 Å². The molecule has 0 aliphatic rings. The van der Waals surface area contributed by atoms with Gasteiger partial charge in [0.1, 0.15) is 11.6 Å². The number of aliphatic hydroxyl groups is 1. The summed E-state index contributed by atoms with van der Waals surface area (Å²) >= 11 is 0. The van der Waals surface area contributed by atoms with E-state index in [1.807, 2.05) is 11.8 Å². The number of rotatable bonds is 9. The van der Waals surface area contributed by atoms with Gasteiger partial charge in [-0.25, -0.2) is 8.78 Å². The lowest BCUT2D eigenvalue weighted by Gasteiger charge is -2.25. The fraction of sp³-hybridized carbons (Fsp3) is 0.600. The maximum absolute atomic E-state index is 13.7. The first-order valence-corrected chi connectivity index (χ1v) is 6.90. The van der Waals surface area contributed by atoms with Gasteiger partial charge in [-0.3, -0.25) is 4.90 Å². The van der Waals surface area contributed by atoms with Crippen molar-refractivity contribution in [3.05, 3.63) is 35.4 Å². The average molecular weight is 287 g/mol. The highest BCUT2D eigenvalue weighted by atomic mass is 19.1. The standard InChI is InChI=1S/C15H23F2NO2/c1-3-14(19)11-18(7-4-8-20-2)10-12-5-6-13(16)9-15(12)17/h5-6,9,14,19H,3-4,7-8,10-11H2,1-2H3. The number of hydrogen-bond acceptors (Lipinski definition) is 3. The van der Waals surface area contributed by atoms with Gasteiger partial charge < -0.3 is 9.84 Å². The molecule has 3 nitrogen and oxygen atoms in total. The molecule has 0 bridgehead atoms. The Hall–Kier alpha value is -1.04. The lowest BCUT2D eigenvalue weighted by Crippen LogP contribution is -2.33. The van der Waals surface area contributed by atoms with Gasteiger partial charge in [-0.1, -0.05) is 13.0 Å².